The molecule has 9 heteroatoms. The molecule has 0 unspecified atom stereocenters. The van der Waals surface area contributed by atoms with E-state index in [1.54, 1.807) is 30.3 Å². The summed E-state index contributed by atoms with van der Waals surface area (Å²) in [6, 6.07) is 12.5. The van der Waals surface area contributed by atoms with Crippen LogP contribution in [0.2, 0.25) is 0 Å². The van der Waals surface area contributed by atoms with Crippen LogP contribution < -0.4 is 4.74 Å². The number of nitrogens with zero attached hydrogens (tertiary/aromatic N) is 2. The minimum Gasteiger partial charge on any atom is -0.497 e. The number of benzene rings is 2. The number of carbonyl (C=O) groups excluding carboxylic acids is 3. The summed E-state index contributed by atoms with van der Waals surface area (Å²) < 4.78 is 9.92. The van der Waals surface area contributed by atoms with Crippen LogP contribution in [0.15, 0.2) is 48.5 Å². The number of ether oxygens (including phenoxy) is 2. The second-order valence-corrected chi connectivity index (χ2v) is 6.48. The van der Waals surface area contributed by atoms with Crippen molar-refractivity contribution in [1.29, 1.82) is 0 Å². The number of amides is 2. The molecule has 0 saturated carbocycles. The van der Waals surface area contributed by atoms with Crippen LogP contribution in [0, 0.1) is 10.1 Å². The summed E-state index contributed by atoms with van der Waals surface area (Å²) in [6.07, 6.45) is -0.570. The van der Waals surface area contributed by atoms with E-state index in [1.165, 1.54) is 19.2 Å². The van der Waals surface area contributed by atoms with Crippen molar-refractivity contribution in [2.75, 3.05) is 14.2 Å². The summed E-state index contributed by atoms with van der Waals surface area (Å²) in [7, 11) is 2.41. The Labute approximate surface area is 166 Å². The Morgan fingerprint density at radius 1 is 1.17 bits per heavy atom. The van der Waals surface area contributed by atoms with Gasteiger partial charge in [-0.25, -0.2) is 0 Å². The van der Waals surface area contributed by atoms with Crippen LogP contribution in [0.1, 0.15) is 17.5 Å². The quantitative estimate of drug-likeness (QED) is 0.240. The largest absolute Gasteiger partial charge is 0.497 e. The maximum absolute atomic E-state index is 13.4. The smallest absolute Gasteiger partial charge is 0.326 e. The van der Waals surface area contributed by atoms with E-state index in [1.807, 2.05) is 0 Å². The molecule has 1 atom stereocenters. The number of carbonyl (C=O) groups is 3. The zero-order valence-corrected chi connectivity index (χ0v) is 15.8. The van der Waals surface area contributed by atoms with Gasteiger partial charge in [-0.05, 0) is 17.7 Å². The molecule has 3 rings (SSSR count). The van der Waals surface area contributed by atoms with Gasteiger partial charge in [-0.2, -0.15) is 0 Å². The zero-order chi connectivity index (χ0) is 21.2. The van der Waals surface area contributed by atoms with E-state index in [4.69, 9.17) is 9.47 Å². The first-order chi connectivity index (χ1) is 13.8. The second-order valence-electron chi connectivity index (χ2n) is 6.48. The molecule has 0 bridgehead atoms. The van der Waals surface area contributed by atoms with Crippen molar-refractivity contribution < 1.29 is 28.8 Å². The number of likely N-dealkylation sites (tertiary alicyclic amines) is 1. The van der Waals surface area contributed by atoms with Gasteiger partial charge in [0.2, 0.25) is 5.91 Å². The summed E-state index contributed by atoms with van der Waals surface area (Å²) >= 11 is 0. The molecule has 0 spiro atoms. The molecule has 1 heterocycles. The number of methoxy groups -OCH3 is 2. The maximum atomic E-state index is 13.4. The molecule has 0 aromatic heterocycles. The van der Waals surface area contributed by atoms with E-state index >= 15 is 0 Å². The minimum atomic E-state index is -2.16. The number of nitro groups is 1. The van der Waals surface area contributed by atoms with E-state index in [0.717, 1.165) is 18.1 Å². The third kappa shape index (κ3) is 3.31. The number of rotatable bonds is 6. The van der Waals surface area contributed by atoms with Crippen LogP contribution in [0.4, 0.5) is 5.69 Å². The molecule has 2 amide bonds. The molecule has 2 aromatic rings. The SMILES string of the molecule is COC(=O)[C@]1(c2cc(OC)ccc2[N+](=O)[O-])CC(=O)N(Cc2ccccc2)C1=O. The van der Waals surface area contributed by atoms with Crippen molar-refractivity contribution in [3.63, 3.8) is 0 Å². The fraction of sp³-hybridized carbons (Fsp3) is 0.250. The Morgan fingerprint density at radius 2 is 1.86 bits per heavy atom. The average molecular weight is 398 g/mol. The van der Waals surface area contributed by atoms with Crippen LogP contribution in [-0.4, -0.2) is 41.8 Å². The van der Waals surface area contributed by atoms with Gasteiger partial charge in [0.15, 0.2) is 5.41 Å². The van der Waals surface area contributed by atoms with Crippen LogP contribution >= 0.6 is 0 Å². The van der Waals surface area contributed by atoms with Gasteiger partial charge >= 0.3 is 5.97 Å². The Morgan fingerprint density at radius 3 is 2.45 bits per heavy atom. The van der Waals surface area contributed by atoms with Gasteiger partial charge in [-0.1, -0.05) is 30.3 Å². The zero-order valence-electron chi connectivity index (χ0n) is 15.8. The molecule has 1 aliphatic rings. The Balaban J connectivity index is 2.16. The number of esters is 1. The lowest BCUT2D eigenvalue weighted by Gasteiger charge is -2.24. The summed E-state index contributed by atoms with van der Waals surface area (Å²) in [6.45, 7) is -0.0605. The van der Waals surface area contributed by atoms with Crippen molar-refractivity contribution >= 4 is 23.5 Å². The first-order valence-corrected chi connectivity index (χ1v) is 8.65. The van der Waals surface area contributed by atoms with Crippen LogP contribution in [0.3, 0.4) is 0 Å². The van der Waals surface area contributed by atoms with Gasteiger partial charge in [0.1, 0.15) is 5.75 Å². The Bertz CT molecular complexity index is 990. The van der Waals surface area contributed by atoms with Gasteiger partial charge in [0.25, 0.3) is 11.6 Å². The van der Waals surface area contributed by atoms with Gasteiger partial charge in [-0.15, -0.1) is 0 Å². The van der Waals surface area contributed by atoms with Gasteiger partial charge in [0.05, 0.1) is 37.7 Å². The molecule has 1 saturated heterocycles. The van der Waals surface area contributed by atoms with Gasteiger partial charge in [0, 0.05) is 6.07 Å². The summed E-state index contributed by atoms with van der Waals surface area (Å²) in [5.74, 6) is -2.32. The molecule has 0 radical (unpaired) electrons. The number of hydrogen-bond acceptors (Lipinski definition) is 7. The second kappa shape index (κ2) is 7.70. The highest BCUT2D eigenvalue weighted by molar-refractivity contribution is 6.21. The average Bonchev–Trinajstić information content (AvgIpc) is 2.98. The molecule has 9 nitrogen and oxygen atoms in total. The van der Waals surface area contributed by atoms with E-state index in [2.05, 4.69) is 0 Å². The lowest BCUT2D eigenvalue weighted by atomic mass is 9.77. The molecule has 150 valence electrons. The fourth-order valence-electron chi connectivity index (χ4n) is 3.46. The first kappa shape index (κ1) is 20.0. The van der Waals surface area contributed by atoms with E-state index in [-0.39, 0.29) is 17.9 Å². The summed E-state index contributed by atoms with van der Waals surface area (Å²) in [5, 5.41) is 11.6. The molecular formula is C20H18N2O7. The van der Waals surface area contributed by atoms with Gasteiger partial charge < -0.3 is 9.47 Å². The topological polar surface area (TPSA) is 116 Å². The Kier molecular flexibility index (Phi) is 5.31. The maximum Gasteiger partial charge on any atom is 0.326 e. The van der Waals surface area contributed by atoms with E-state index in [0.29, 0.717) is 5.56 Å². The highest BCUT2D eigenvalue weighted by Crippen LogP contribution is 2.43. The highest BCUT2D eigenvalue weighted by atomic mass is 16.6. The number of imide groups is 1. The summed E-state index contributed by atoms with van der Waals surface area (Å²) in [4.78, 5) is 50.7. The monoisotopic (exact) mass is 398 g/mol. The normalized spacial score (nSPS) is 18.6. The predicted octanol–water partition coefficient (Wildman–Crippen LogP) is 1.97. The first-order valence-electron chi connectivity index (χ1n) is 8.65. The highest BCUT2D eigenvalue weighted by Gasteiger charge is 2.61. The number of nitro benzene ring substituents is 1. The van der Waals surface area contributed by atoms with E-state index in [9.17, 15) is 24.5 Å². The Hall–Kier alpha value is -3.75. The third-order valence-corrected chi connectivity index (χ3v) is 4.91. The predicted molar refractivity (Wildman–Crippen MR) is 100.0 cm³/mol. The van der Waals surface area contributed by atoms with Crippen molar-refractivity contribution in [3.05, 3.63) is 69.8 Å². The van der Waals surface area contributed by atoms with Crippen molar-refractivity contribution in [2.45, 2.75) is 18.4 Å². The molecule has 0 N–H and O–H groups in total. The molecule has 2 aromatic carbocycles. The van der Waals surface area contributed by atoms with E-state index < -0.39 is 40.2 Å². The third-order valence-electron chi connectivity index (χ3n) is 4.91. The lowest BCUT2D eigenvalue weighted by molar-refractivity contribution is -0.385. The van der Waals surface area contributed by atoms with Crippen LogP contribution in [0.25, 0.3) is 0 Å². The summed E-state index contributed by atoms with van der Waals surface area (Å²) in [5.41, 5.74) is -2.19. The molecule has 0 aliphatic carbocycles. The molecule has 1 fully saturated rings. The van der Waals surface area contributed by atoms with Crippen molar-refractivity contribution in [1.82, 2.24) is 4.90 Å². The van der Waals surface area contributed by atoms with Crippen molar-refractivity contribution in [2.24, 2.45) is 0 Å². The molecular weight excluding hydrogens is 380 g/mol. The molecule has 1 aliphatic heterocycles. The fourth-order valence-corrected chi connectivity index (χ4v) is 3.46. The standard InChI is InChI=1S/C20H18N2O7/c1-28-14-8-9-16(22(26)27)15(10-14)20(19(25)29-2)11-17(23)21(18(20)24)12-13-6-4-3-5-7-13/h3-10H,11-12H2,1-2H3/t20-/m0/s1. The number of hydrogen-bond donors (Lipinski definition) is 0. The van der Waals surface area contributed by atoms with Gasteiger partial charge in [-0.3, -0.25) is 29.4 Å². The molecule has 29 heavy (non-hydrogen) atoms. The van der Waals surface area contributed by atoms with Crippen molar-refractivity contribution in [3.8, 4) is 5.75 Å². The lowest BCUT2D eigenvalue weighted by Crippen LogP contribution is -2.45. The minimum absolute atomic E-state index is 0.0605. The van der Waals surface area contributed by atoms with Crippen LogP contribution in [-0.2, 0) is 31.1 Å². The van der Waals surface area contributed by atoms with Crippen LogP contribution in [0.5, 0.6) is 5.75 Å².